The number of nitrogens with zero attached hydrogens (tertiary/aromatic N) is 4. The number of anilines is 2. The molecule has 3 heterocycles. The van der Waals surface area contributed by atoms with Gasteiger partial charge in [0.25, 0.3) is 0 Å². The Morgan fingerprint density at radius 1 is 1.10 bits per heavy atom. The summed E-state index contributed by atoms with van der Waals surface area (Å²) in [5, 5.41) is 17.7. The van der Waals surface area contributed by atoms with E-state index in [2.05, 4.69) is 20.4 Å². The van der Waals surface area contributed by atoms with Crippen molar-refractivity contribution in [1.82, 2.24) is 19.7 Å². The van der Waals surface area contributed by atoms with Gasteiger partial charge in [-0.1, -0.05) is 0 Å². The summed E-state index contributed by atoms with van der Waals surface area (Å²) < 4.78 is 29.7. The summed E-state index contributed by atoms with van der Waals surface area (Å²) in [4.78, 5) is 8.65. The van der Waals surface area contributed by atoms with Crippen LogP contribution >= 0.6 is 0 Å². The first-order chi connectivity index (χ1) is 14.8. The van der Waals surface area contributed by atoms with Crippen LogP contribution in [-0.2, 0) is 0 Å². The molecule has 0 saturated heterocycles. The SMILES string of the molecule is Cc1cnc(-c2cc(F)ccc2F)cc1Nc1ccnc2cn(C(C)CC(C)O)nc12. The smallest absolute Gasteiger partial charge is 0.134 e. The number of halogens is 2. The number of pyridine rings is 2. The summed E-state index contributed by atoms with van der Waals surface area (Å²) in [5.74, 6) is -1.07. The van der Waals surface area contributed by atoms with Crippen LogP contribution in [0, 0.1) is 18.6 Å². The van der Waals surface area contributed by atoms with Gasteiger partial charge in [0.1, 0.15) is 22.7 Å². The molecule has 0 bridgehead atoms. The van der Waals surface area contributed by atoms with Gasteiger partial charge in [-0.05, 0) is 63.1 Å². The Labute approximate surface area is 178 Å². The molecule has 6 nitrogen and oxygen atoms in total. The lowest BCUT2D eigenvalue weighted by Gasteiger charge is -2.13. The zero-order chi connectivity index (χ0) is 22.1. The minimum Gasteiger partial charge on any atom is -0.393 e. The molecule has 0 amide bonds. The molecule has 2 atom stereocenters. The van der Waals surface area contributed by atoms with Crippen molar-refractivity contribution in [1.29, 1.82) is 0 Å². The molecular weight excluding hydrogens is 400 g/mol. The van der Waals surface area contributed by atoms with Gasteiger partial charge < -0.3 is 10.4 Å². The van der Waals surface area contributed by atoms with E-state index in [9.17, 15) is 13.9 Å². The average molecular weight is 423 g/mol. The van der Waals surface area contributed by atoms with Gasteiger partial charge in [0.2, 0.25) is 0 Å². The molecule has 0 radical (unpaired) electrons. The first-order valence-electron chi connectivity index (χ1n) is 10.0. The van der Waals surface area contributed by atoms with Crippen molar-refractivity contribution in [3.8, 4) is 11.3 Å². The lowest BCUT2D eigenvalue weighted by atomic mass is 10.1. The predicted molar refractivity (Wildman–Crippen MR) is 116 cm³/mol. The number of rotatable bonds is 6. The summed E-state index contributed by atoms with van der Waals surface area (Å²) in [6.07, 6.45) is 5.28. The van der Waals surface area contributed by atoms with Gasteiger partial charge in [-0.3, -0.25) is 14.6 Å². The lowest BCUT2D eigenvalue weighted by molar-refractivity contribution is 0.162. The molecule has 0 aliphatic rings. The van der Waals surface area contributed by atoms with Gasteiger partial charge in [0.05, 0.1) is 29.7 Å². The lowest BCUT2D eigenvalue weighted by Crippen LogP contribution is -2.12. The van der Waals surface area contributed by atoms with E-state index in [1.807, 2.05) is 20.0 Å². The Balaban J connectivity index is 1.71. The average Bonchev–Trinajstić information content (AvgIpc) is 3.17. The number of hydrogen-bond acceptors (Lipinski definition) is 5. The normalized spacial score (nSPS) is 13.4. The van der Waals surface area contributed by atoms with Crippen LogP contribution in [0.2, 0.25) is 0 Å². The van der Waals surface area contributed by atoms with Crippen molar-refractivity contribution in [3.63, 3.8) is 0 Å². The van der Waals surface area contributed by atoms with Crippen LogP contribution in [0.5, 0.6) is 0 Å². The molecule has 3 aromatic heterocycles. The highest BCUT2D eigenvalue weighted by Gasteiger charge is 2.15. The molecule has 2 N–H and O–H groups in total. The molecule has 1 aromatic carbocycles. The second-order valence-electron chi connectivity index (χ2n) is 7.77. The zero-order valence-corrected chi connectivity index (χ0v) is 17.5. The molecule has 31 heavy (non-hydrogen) atoms. The van der Waals surface area contributed by atoms with E-state index in [1.165, 1.54) is 0 Å². The minimum absolute atomic E-state index is 0.00673. The number of aromatic nitrogens is 4. The Bertz CT molecular complexity index is 1240. The van der Waals surface area contributed by atoms with E-state index in [1.54, 1.807) is 36.1 Å². The van der Waals surface area contributed by atoms with E-state index >= 15 is 0 Å². The van der Waals surface area contributed by atoms with E-state index in [-0.39, 0.29) is 11.6 Å². The van der Waals surface area contributed by atoms with Crippen molar-refractivity contribution in [3.05, 3.63) is 66.1 Å². The summed E-state index contributed by atoms with van der Waals surface area (Å²) in [6.45, 7) is 5.61. The highest BCUT2D eigenvalue weighted by molar-refractivity contribution is 5.89. The predicted octanol–water partition coefficient (Wildman–Crippen LogP) is 5.16. The molecule has 0 aliphatic heterocycles. The number of hydrogen-bond donors (Lipinski definition) is 2. The highest BCUT2D eigenvalue weighted by atomic mass is 19.1. The topological polar surface area (TPSA) is 75.9 Å². The highest BCUT2D eigenvalue weighted by Crippen LogP contribution is 2.30. The van der Waals surface area contributed by atoms with E-state index in [0.29, 0.717) is 28.8 Å². The van der Waals surface area contributed by atoms with Gasteiger partial charge in [0, 0.05) is 23.6 Å². The number of aliphatic hydroxyl groups excluding tert-OH is 1. The molecule has 4 rings (SSSR count). The number of fused-ring (bicyclic) bond motifs is 1. The largest absolute Gasteiger partial charge is 0.393 e. The maximum absolute atomic E-state index is 14.2. The third-order valence-corrected chi connectivity index (χ3v) is 5.13. The number of nitrogens with one attached hydrogen (secondary N) is 1. The number of aliphatic hydroxyl groups is 1. The van der Waals surface area contributed by atoms with E-state index < -0.39 is 17.7 Å². The Morgan fingerprint density at radius 2 is 1.90 bits per heavy atom. The molecule has 2 unspecified atom stereocenters. The molecule has 0 saturated carbocycles. The van der Waals surface area contributed by atoms with Crippen LogP contribution in [0.3, 0.4) is 0 Å². The molecule has 0 aliphatic carbocycles. The van der Waals surface area contributed by atoms with Crippen molar-refractivity contribution >= 4 is 22.4 Å². The fraction of sp³-hybridized carbons (Fsp3) is 0.261. The van der Waals surface area contributed by atoms with Gasteiger partial charge in [-0.25, -0.2) is 8.78 Å². The quantitative estimate of drug-likeness (QED) is 0.448. The maximum Gasteiger partial charge on any atom is 0.134 e. The maximum atomic E-state index is 14.2. The van der Waals surface area contributed by atoms with Gasteiger partial charge in [-0.2, -0.15) is 5.10 Å². The summed E-state index contributed by atoms with van der Waals surface area (Å²) in [5.41, 5.74) is 4.08. The van der Waals surface area contributed by atoms with Crippen LogP contribution in [0.4, 0.5) is 20.2 Å². The minimum atomic E-state index is -0.541. The van der Waals surface area contributed by atoms with Crippen LogP contribution in [0.1, 0.15) is 31.9 Å². The Kier molecular flexibility index (Phi) is 5.65. The first-order valence-corrected chi connectivity index (χ1v) is 10.0. The van der Waals surface area contributed by atoms with Crippen LogP contribution < -0.4 is 5.32 Å². The third kappa shape index (κ3) is 4.39. The third-order valence-electron chi connectivity index (χ3n) is 5.13. The van der Waals surface area contributed by atoms with Crippen LogP contribution in [0.15, 0.2) is 48.9 Å². The van der Waals surface area contributed by atoms with Gasteiger partial charge in [0.15, 0.2) is 0 Å². The second kappa shape index (κ2) is 8.39. The first kappa shape index (κ1) is 20.9. The molecular formula is C23H23F2N5O. The van der Waals surface area contributed by atoms with E-state index in [4.69, 9.17) is 0 Å². The Morgan fingerprint density at radius 3 is 2.68 bits per heavy atom. The second-order valence-corrected chi connectivity index (χ2v) is 7.77. The number of benzene rings is 1. The molecule has 0 spiro atoms. The fourth-order valence-electron chi connectivity index (χ4n) is 3.51. The fourth-order valence-corrected chi connectivity index (χ4v) is 3.51. The molecule has 4 aromatic rings. The number of aryl methyl sites for hydroxylation is 1. The van der Waals surface area contributed by atoms with Crippen molar-refractivity contribution in [2.45, 2.75) is 39.3 Å². The summed E-state index contributed by atoms with van der Waals surface area (Å²) in [7, 11) is 0. The van der Waals surface area contributed by atoms with E-state index in [0.717, 1.165) is 29.4 Å². The summed E-state index contributed by atoms with van der Waals surface area (Å²) >= 11 is 0. The molecule has 8 heteroatoms. The molecule has 160 valence electrons. The van der Waals surface area contributed by atoms with Crippen LogP contribution in [-0.4, -0.2) is 31.0 Å². The van der Waals surface area contributed by atoms with Crippen molar-refractivity contribution < 1.29 is 13.9 Å². The summed E-state index contributed by atoms with van der Waals surface area (Å²) in [6, 6.07) is 6.80. The standard InChI is InChI=1S/C23H23F2N5O/c1-13-11-27-21(17-9-16(24)4-5-18(17)25)10-20(13)28-19-6-7-26-22-12-30(29-23(19)22)14(2)8-15(3)31/h4-7,9-12,14-15,31H,8H2,1-3H3,(H,27,28). The van der Waals surface area contributed by atoms with Crippen molar-refractivity contribution in [2.75, 3.05) is 5.32 Å². The van der Waals surface area contributed by atoms with Gasteiger partial charge >= 0.3 is 0 Å². The monoisotopic (exact) mass is 423 g/mol. The van der Waals surface area contributed by atoms with Gasteiger partial charge in [-0.15, -0.1) is 0 Å². The van der Waals surface area contributed by atoms with Crippen LogP contribution in [0.25, 0.3) is 22.3 Å². The zero-order valence-electron chi connectivity index (χ0n) is 17.5. The van der Waals surface area contributed by atoms with Crippen molar-refractivity contribution in [2.24, 2.45) is 0 Å². The molecule has 0 fully saturated rings. The Hall–Kier alpha value is -3.39.